The number of hydrogen-bond acceptors (Lipinski definition) is 7. The van der Waals surface area contributed by atoms with Crippen LogP contribution in [0.5, 0.6) is 6.01 Å². The Bertz CT molecular complexity index is 588. The first-order valence-corrected chi connectivity index (χ1v) is 6.89. The molecule has 3 heterocycles. The van der Waals surface area contributed by atoms with Gasteiger partial charge in [0.2, 0.25) is 0 Å². The second kappa shape index (κ2) is 6.04. The third-order valence-electron chi connectivity index (χ3n) is 3.37. The van der Waals surface area contributed by atoms with E-state index in [9.17, 15) is 0 Å². The van der Waals surface area contributed by atoms with Crippen molar-refractivity contribution >= 4 is 5.82 Å². The van der Waals surface area contributed by atoms with Gasteiger partial charge < -0.3 is 14.8 Å². The zero-order valence-electron chi connectivity index (χ0n) is 12.0. The Kier molecular flexibility index (Phi) is 3.96. The minimum absolute atomic E-state index is 0.000899. The molecular formula is C13H18N6O2. The number of nitrogens with one attached hydrogen (secondary N) is 2. The standard InChI is InChI=1S/C13H18N6O2/c1-8-5-11(18-13(17-8)20-2)14-6-9-3-4-10(21-9)12-15-7-16-19-12/h5,7,9-10H,3-4,6H2,1-2H3,(H,14,17,18)(H,15,16,19)/t9-,10+/m1/s1. The molecule has 0 bridgehead atoms. The van der Waals surface area contributed by atoms with Crippen LogP contribution in [0.3, 0.4) is 0 Å². The second-order valence-corrected chi connectivity index (χ2v) is 4.96. The van der Waals surface area contributed by atoms with Gasteiger partial charge in [-0.15, -0.1) is 0 Å². The van der Waals surface area contributed by atoms with Gasteiger partial charge in [-0.3, -0.25) is 5.10 Å². The molecule has 2 N–H and O–H groups in total. The molecule has 3 rings (SSSR count). The maximum Gasteiger partial charge on any atom is 0.318 e. The number of aromatic nitrogens is 5. The summed E-state index contributed by atoms with van der Waals surface area (Å²) in [5, 5.41) is 9.97. The van der Waals surface area contributed by atoms with Crippen molar-refractivity contribution in [2.45, 2.75) is 32.0 Å². The third kappa shape index (κ3) is 3.27. The summed E-state index contributed by atoms with van der Waals surface area (Å²) < 4.78 is 11.0. The van der Waals surface area contributed by atoms with E-state index in [0.717, 1.165) is 30.2 Å². The highest BCUT2D eigenvalue weighted by molar-refractivity contribution is 5.37. The van der Waals surface area contributed by atoms with Crippen LogP contribution in [-0.4, -0.2) is 44.9 Å². The van der Waals surface area contributed by atoms with E-state index in [2.05, 4.69) is 30.5 Å². The topological polar surface area (TPSA) is 97.8 Å². The average molecular weight is 290 g/mol. The van der Waals surface area contributed by atoms with E-state index in [1.165, 1.54) is 6.33 Å². The van der Waals surface area contributed by atoms with Gasteiger partial charge in [0, 0.05) is 18.3 Å². The van der Waals surface area contributed by atoms with Gasteiger partial charge in [-0.05, 0) is 19.8 Å². The molecule has 8 nitrogen and oxygen atoms in total. The lowest BCUT2D eigenvalue weighted by molar-refractivity contribution is 0.0472. The number of anilines is 1. The first-order valence-electron chi connectivity index (χ1n) is 6.89. The van der Waals surface area contributed by atoms with Gasteiger partial charge in [0.05, 0.1) is 13.2 Å². The molecular weight excluding hydrogens is 272 g/mol. The highest BCUT2D eigenvalue weighted by Crippen LogP contribution is 2.30. The molecule has 1 saturated heterocycles. The van der Waals surface area contributed by atoms with Crippen molar-refractivity contribution in [1.82, 2.24) is 25.1 Å². The van der Waals surface area contributed by atoms with Crippen molar-refractivity contribution in [3.63, 3.8) is 0 Å². The third-order valence-corrected chi connectivity index (χ3v) is 3.37. The Labute approximate surface area is 122 Å². The Morgan fingerprint density at radius 1 is 1.43 bits per heavy atom. The monoisotopic (exact) mass is 290 g/mol. The molecule has 2 aromatic rings. The van der Waals surface area contributed by atoms with Crippen LogP contribution < -0.4 is 10.1 Å². The zero-order valence-corrected chi connectivity index (χ0v) is 12.0. The number of aryl methyl sites for hydroxylation is 1. The van der Waals surface area contributed by atoms with E-state index in [4.69, 9.17) is 9.47 Å². The van der Waals surface area contributed by atoms with Crippen LogP contribution >= 0.6 is 0 Å². The Balaban J connectivity index is 1.55. The minimum Gasteiger partial charge on any atom is -0.467 e. The predicted molar refractivity (Wildman–Crippen MR) is 75.0 cm³/mol. The minimum atomic E-state index is 0.000899. The Hall–Kier alpha value is -2.22. The number of aromatic amines is 1. The molecule has 1 aliphatic heterocycles. The zero-order chi connectivity index (χ0) is 14.7. The summed E-state index contributed by atoms with van der Waals surface area (Å²) in [5.41, 5.74) is 0.858. The van der Waals surface area contributed by atoms with E-state index in [1.54, 1.807) is 7.11 Å². The van der Waals surface area contributed by atoms with Gasteiger partial charge in [-0.2, -0.15) is 10.1 Å². The van der Waals surface area contributed by atoms with Crippen LogP contribution in [0.2, 0.25) is 0 Å². The molecule has 0 saturated carbocycles. The molecule has 2 aromatic heterocycles. The normalized spacial score (nSPS) is 21.4. The molecule has 0 unspecified atom stereocenters. The molecule has 1 aliphatic rings. The molecule has 0 aliphatic carbocycles. The predicted octanol–water partition coefficient (Wildman–Crippen LogP) is 1.24. The average Bonchev–Trinajstić information content (AvgIpc) is 3.15. The summed E-state index contributed by atoms with van der Waals surface area (Å²) in [6.07, 6.45) is 3.54. The molecule has 0 aromatic carbocycles. The number of ether oxygens (including phenoxy) is 2. The summed E-state index contributed by atoms with van der Waals surface area (Å²) in [5.74, 6) is 1.53. The SMILES string of the molecule is COc1nc(C)cc(NC[C@H]2CC[C@@H](c3ncn[nH]3)O2)n1. The number of H-pyrrole nitrogens is 1. The van der Waals surface area contributed by atoms with Crippen molar-refractivity contribution < 1.29 is 9.47 Å². The number of rotatable bonds is 5. The number of nitrogens with zero attached hydrogens (tertiary/aromatic N) is 4. The Morgan fingerprint density at radius 2 is 2.33 bits per heavy atom. The van der Waals surface area contributed by atoms with Crippen molar-refractivity contribution in [1.29, 1.82) is 0 Å². The summed E-state index contributed by atoms with van der Waals surface area (Å²) in [4.78, 5) is 12.5. The fraction of sp³-hybridized carbons (Fsp3) is 0.538. The van der Waals surface area contributed by atoms with E-state index in [0.29, 0.717) is 12.6 Å². The summed E-state index contributed by atoms with van der Waals surface area (Å²) >= 11 is 0. The van der Waals surface area contributed by atoms with Crippen LogP contribution in [0.1, 0.15) is 30.5 Å². The molecule has 2 atom stereocenters. The van der Waals surface area contributed by atoms with Crippen LogP contribution in [0.25, 0.3) is 0 Å². The largest absolute Gasteiger partial charge is 0.467 e. The lowest BCUT2D eigenvalue weighted by Crippen LogP contribution is -2.20. The molecule has 1 fully saturated rings. The van der Waals surface area contributed by atoms with Gasteiger partial charge in [0.15, 0.2) is 5.82 Å². The molecule has 0 spiro atoms. The summed E-state index contributed by atoms with van der Waals surface area (Å²) in [7, 11) is 1.56. The fourth-order valence-electron chi connectivity index (χ4n) is 2.37. The van der Waals surface area contributed by atoms with Crippen LogP contribution in [0, 0.1) is 6.92 Å². The van der Waals surface area contributed by atoms with Gasteiger partial charge >= 0.3 is 6.01 Å². The van der Waals surface area contributed by atoms with Crippen LogP contribution in [0.15, 0.2) is 12.4 Å². The molecule has 21 heavy (non-hydrogen) atoms. The van der Waals surface area contributed by atoms with Gasteiger partial charge in [0.25, 0.3) is 0 Å². The van der Waals surface area contributed by atoms with Gasteiger partial charge in [-0.1, -0.05) is 0 Å². The smallest absolute Gasteiger partial charge is 0.318 e. The molecule has 0 amide bonds. The van der Waals surface area contributed by atoms with Crippen molar-refractivity contribution in [2.75, 3.05) is 19.0 Å². The first-order chi connectivity index (χ1) is 10.2. The highest BCUT2D eigenvalue weighted by Gasteiger charge is 2.28. The maximum absolute atomic E-state index is 5.94. The molecule has 8 heteroatoms. The van der Waals surface area contributed by atoms with E-state index >= 15 is 0 Å². The van der Waals surface area contributed by atoms with Crippen LogP contribution in [0.4, 0.5) is 5.82 Å². The van der Waals surface area contributed by atoms with Crippen molar-refractivity contribution in [2.24, 2.45) is 0 Å². The molecule has 112 valence electrons. The summed E-state index contributed by atoms with van der Waals surface area (Å²) in [6.45, 7) is 2.59. The maximum atomic E-state index is 5.94. The Morgan fingerprint density at radius 3 is 3.10 bits per heavy atom. The lowest BCUT2D eigenvalue weighted by Gasteiger charge is -2.14. The van der Waals surface area contributed by atoms with Gasteiger partial charge in [0.1, 0.15) is 18.2 Å². The fourth-order valence-corrected chi connectivity index (χ4v) is 2.37. The number of hydrogen-bond donors (Lipinski definition) is 2. The van der Waals surface area contributed by atoms with Crippen molar-refractivity contribution in [3.05, 3.63) is 23.9 Å². The molecule has 0 radical (unpaired) electrons. The summed E-state index contributed by atoms with van der Waals surface area (Å²) in [6, 6.07) is 2.25. The highest BCUT2D eigenvalue weighted by atomic mass is 16.5. The second-order valence-electron chi connectivity index (χ2n) is 4.96. The van der Waals surface area contributed by atoms with E-state index < -0.39 is 0 Å². The van der Waals surface area contributed by atoms with E-state index in [-0.39, 0.29) is 12.2 Å². The number of methoxy groups -OCH3 is 1. The van der Waals surface area contributed by atoms with Crippen molar-refractivity contribution in [3.8, 4) is 6.01 Å². The first kappa shape index (κ1) is 13.7. The van der Waals surface area contributed by atoms with Crippen LogP contribution in [-0.2, 0) is 4.74 Å². The lowest BCUT2D eigenvalue weighted by atomic mass is 10.2. The quantitative estimate of drug-likeness (QED) is 0.855. The van der Waals surface area contributed by atoms with Gasteiger partial charge in [-0.25, -0.2) is 9.97 Å². The van der Waals surface area contributed by atoms with E-state index in [1.807, 2.05) is 13.0 Å².